The lowest BCUT2D eigenvalue weighted by Crippen LogP contribution is -2.47. The summed E-state index contributed by atoms with van der Waals surface area (Å²) in [7, 11) is 0. The Labute approximate surface area is 209 Å². The number of carboxylic acids is 1. The first-order valence-corrected chi connectivity index (χ1v) is 12.2. The van der Waals surface area contributed by atoms with Gasteiger partial charge in [-0.2, -0.15) is 0 Å². The van der Waals surface area contributed by atoms with E-state index in [1.54, 1.807) is 18.2 Å². The summed E-state index contributed by atoms with van der Waals surface area (Å²) in [6.45, 7) is 6.33. The maximum atomic E-state index is 12.9. The molecule has 0 saturated heterocycles. The fraction of sp³-hybridized carbons (Fsp3) is 0.370. The van der Waals surface area contributed by atoms with E-state index >= 15 is 0 Å². The summed E-state index contributed by atoms with van der Waals surface area (Å²) in [6.07, 6.45) is 1.95. The van der Waals surface area contributed by atoms with E-state index in [1.807, 2.05) is 30.3 Å². The molecule has 1 amide bonds. The molecule has 1 fully saturated rings. The lowest BCUT2D eigenvalue weighted by molar-refractivity contribution is -0.143. The van der Waals surface area contributed by atoms with E-state index in [1.165, 1.54) is 0 Å². The molecule has 0 aliphatic heterocycles. The van der Waals surface area contributed by atoms with Gasteiger partial charge in [-0.05, 0) is 60.1 Å². The van der Waals surface area contributed by atoms with Crippen molar-refractivity contribution in [2.24, 2.45) is 17.3 Å². The summed E-state index contributed by atoms with van der Waals surface area (Å²) >= 11 is 12.7. The highest BCUT2D eigenvalue weighted by Gasteiger charge is 2.45. The molecule has 0 bridgehead atoms. The number of carbonyl (C=O) groups is 2. The van der Waals surface area contributed by atoms with Crippen molar-refractivity contribution in [3.63, 3.8) is 0 Å². The molecule has 3 atom stereocenters. The summed E-state index contributed by atoms with van der Waals surface area (Å²) in [5, 5.41) is 14.5. The minimum absolute atomic E-state index is 0.149. The van der Waals surface area contributed by atoms with Gasteiger partial charge in [0.15, 0.2) is 0 Å². The van der Waals surface area contributed by atoms with Crippen LogP contribution in [-0.2, 0) is 16.0 Å². The number of hydrogen-bond acceptors (Lipinski definition) is 3. The van der Waals surface area contributed by atoms with Gasteiger partial charge < -0.3 is 10.4 Å². The third kappa shape index (κ3) is 4.77. The predicted molar refractivity (Wildman–Crippen MR) is 136 cm³/mol. The van der Waals surface area contributed by atoms with Crippen LogP contribution in [0.3, 0.4) is 0 Å². The molecule has 4 rings (SSSR count). The van der Waals surface area contributed by atoms with Gasteiger partial charge in [0.2, 0.25) is 5.91 Å². The van der Waals surface area contributed by atoms with Gasteiger partial charge in [0.25, 0.3) is 0 Å². The molecule has 2 aromatic carbocycles. The largest absolute Gasteiger partial charge is 0.480 e. The zero-order chi connectivity index (χ0) is 24.6. The molecule has 5 nitrogen and oxygen atoms in total. The van der Waals surface area contributed by atoms with Crippen LogP contribution in [0.4, 0.5) is 0 Å². The third-order valence-electron chi connectivity index (χ3n) is 7.40. The maximum absolute atomic E-state index is 12.9. The molecule has 34 heavy (non-hydrogen) atoms. The average molecular weight is 499 g/mol. The number of aromatic nitrogens is 1. The number of amides is 1. The first kappa shape index (κ1) is 24.5. The number of carbonyl (C=O) groups excluding carboxylic acids is 1. The van der Waals surface area contributed by atoms with Gasteiger partial charge in [-0.3, -0.25) is 4.79 Å². The summed E-state index contributed by atoms with van der Waals surface area (Å²) in [4.78, 5) is 29.6. The van der Waals surface area contributed by atoms with E-state index in [-0.39, 0.29) is 23.7 Å². The minimum Gasteiger partial charge on any atom is -0.480 e. The highest BCUT2D eigenvalue weighted by molar-refractivity contribution is 6.39. The van der Waals surface area contributed by atoms with Crippen molar-refractivity contribution in [1.29, 1.82) is 0 Å². The van der Waals surface area contributed by atoms with Crippen LogP contribution in [0, 0.1) is 17.3 Å². The molecule has 2 N–H and O–H groups in total. The lowest BCUT2D eigenvalue weighted by Gasteiger charge is -2.31. The molecular weight excluding hydrogens is 471 g/mol. The standard InChI is InChI=1S/C27H28Cl2N2O3/c1-15-7-10-18(27(15,2)3)25(32)31-23(26(33)34)14-16-8-11-21-17(13-16)9-12-22(30-21)24-19(28)5-4-6-20(24)29/h4-6,8-9,11-13,15,18,23H,7,10,14H2,1-3H3,(H,31,32)(H,33,34)/t15-,18-,23?/m1/s1. The number of fused-ring (bicyclic) bond motifs is 1. The molecule has 1 unspecified atom stereocenters. The van der Waals surface area contributed by atoms with Gasteiger partial charge in [0.1, 0.15) is 6.04 Å². The fourth-order valence-electron chi connectivity index (χ4n) is 4.86. The molecular formula is C27H28Cl2N2O3. The molecule has 0 radical (unpaired) electrons. The topological polar surface area (TPSA) is 79.3 Å². The van der Waals surface area contributed by atoms with E-state index in [2.05, 4.69) is 26.1 Å². The number of carboxylic acid groups (broad SMARTS) is 1. The summed E-state index contributed by atoms with van der Waals surface area (Å²) in [5.41, 5.74) is 2.75. The van der Waals surface area contributed by atoms with Gasteiger partial charge in [-0.15, -0.1) is 0 Å². The second-order valence-electron chi connectivity index (χ2n) is 9.78. The Balaban J connectivity index is 1.54. The van der Waals surface area contributed by atoms with E-state index in [0.717, 1.165) is 29.3 Å². The van der Waals surface area contributed by atoms with Crippen LogP contribution in [0.1, 0.15) is 39.2 Å². The van der Waals surface area contributed by atoms with Gasteiger partial charge in [0, 0.05) is 23.3 Å². The third-order valence-corrected chi connectivity index (χ3v) is 8.03. The van der Waals surface area contributed by atoms with Crippen molar-refractivity contribution >= 4 is 46.0 Å². The Kier molecular flexibility index (Phi) is 6.88. The Bertz CT molecular complexity index is 1240. The lowest BCUT2D eigenvalue weighted by atomic mass is 9.76. The van der Waals surface area contributed by atoms with Gasteiger partial charge in [-0.25, -0.2) is 9.78 Å². The van der Waals surface area contributed by atoms with Crippen LogP contribution in [0.2, 0.25) is 10.0 Å². The van der Waals surface area contributed by atoms with Gasteiger partial charge in [0.05, 0.1) is 21.3 Å². The maximum Gasteiger partial charge on any atom is 0.326 e. The molecule has 1 aliphatic rings. The van der Waals surface area contributed by atoms with Crippen molar-refractivity contribution in [3.8, 4) is 11.3 Å². The fourth-order valence-corrected chi connectivity index (χ4v) is 5.46. The number of aliphatic carboxylic acids is 1. The molecule has 7 heteroatoms. The van der Waals surface area contributed by atoms with E-state index < -0.39 is 12.0 Å². The molecule has 0 spiro atoms. The van der Waals surface area contributed by atoms with Gasteiger partial charge in [-0.1, -0.05) is 62.2 Å². The minimum atomic E-state index is -1.04. The predicted octanol–water partition coefficient (Wildman–Crippen LogP) is 6.39. The number of nitrogens with one attached hydrogen (secondary N) is 1. The molecule has 178 valence electrons. The number of nitrogens with zero attached hydrogens (tertiary/aromatic N) is 1. The van der Waals surface area contributed by atoms with E-state index in [9.17, 15) is 14.7 Å². The molecule has 3 aromatic rings. The second-order valence-corrected chi connectivity index (χ2v) is 10.6. The Morgan fingerprint density at radius 1 is 1.12 bits per heavy atom. The number of rotatable bonds is 6. The monoisotopic (exact) mass is 498 g/mol. The first-order chi connectivity index (χ1) is 16.1. The van der Waals surface area contributed by atoms with Crippen molar-refractivity contribution in [3.05, 3.63) is 64.1 Å². The van der Waals surface area contributed by atoms with Crippen LogP contribution < -0.4 is 5.32 Å². The number of hydrogen-bond donors (Lipinski definition) is 2. The number of pyridine rings is 1. The number of halogens is 2. The highest BCUT2D eigenvalue weighted by Crippen LogP contribution is 2.47. The van der Waals surface area contributed by atoms with Crippen molar-refractivity contribution in [1.82, 2.24) is 10.3 Å². The van der Waals surface area contributed by atoms with Crippen LogP contribution in [0.15, 0.2) is 48.5 Å². The summed E-state index contributed by atoms with van der Waals surface area (Å²) < 4.78 is 0. The van der Waals surface area contributed by atoms with E-state index in [4.69, 9.17) is 28.2 Å². The summed E-state index contributed by atoms with van der Waals surface area (Å²) in [5.74, 6) is -0.977. The van der Waals surface area contributed by atoms with Crippen molar-refractivity contribution in [2.45, 2.75) is 46.1 Å². The van der Waals surface area contributed by atoms with Crippen molar-refractivity contribution < 1.29 is 14.7 Å². The smallest absolute Gasteiger partial charge is 0.326 e. The zero-order valence-corrected chi connectivity index (χ0v) is 21.0. The van der Waals surface area contributed by atoms with Crippen LogP contribution in [0.5, 0.6) is 0 Å². The first-order valence-electron chi connectivity index (χ1n) is 11.4. The van der Waals surface area contributed by atoms with Crippen molar-refractivity contribution in [2.75, 3.05) is 0 Å². The normalized spacial score (nSPS) is 20.3. The second kappa shape index (κ2) is 9.55. The Morgan fingerprint density at radius 2 is 1.82 bits per heavy atom. The quantitative estimate of drug-likeness (QED) is 0.412. The zero-order valence-electron chi connectivity index (χ0n) is 19.4. The van der Waals surface area contributed by atoms with Crippen LogP contribution in [-0.4, -0.2) is 28.0 Å². The molecule has 1 aliphatic carbocycles. The van der Waals surface area contributed by atoms with Crippen LogP contribution >= 0.6 is 23.2 Å². The van der Waals surface area contributed by atoms with E-state index in [0.29, 0.717) is 27.2 Å². The van der Waals surface area contributed by atoms with Gasteiger partial charge >= 0.3 is 5.97 Å². The SMILES string of the molecule is C[C@@H]1CC[C@H](C(=O)NC(Cc2ccc3nc(-c4c(Cl)cccc4Cl)ccc3c2)C(=O)O)C1(C)C. The average Bonchev–Trinajstić information content (AvgIpc) is 3.05. The Morgan fingerprint density at radius 3 is 2.44 bits per heavy atom. The molecule has 1 saturated carbocycles. The number of benzene rings is 2. The molecule has 1 aromatic heterocycles. The highest BCUT2D eigenvalue weighted by atomic mass is 35.5. The molecule has 1 heterocycles. The Hall–Kier alpha value is -2.63. The van der Waals surface area contributed by atoms with Crippen LogP contribution in [0.25, 0.3) is 22.2 Å². The summed E-state index contributed by atoms with van der Waals surface area (Å²) in [6, 6.07) is 13.7.